The van der Waals surface area contributed by atoms with E-state index in [-0.39, 0.29) is 5.84 Å². The molecule has 2 rings (SSSR count). The molecule has 0 saturated carbocycles. The maximum atomic E-state index is 5.81. The van der Waals surface area contributed by atoms with Crippen LogP contribution in [0.5, 0.6) is 0 Å². The molecule has 0 aliphatic heterocycles. The van der Waals surface area contributed by atoms with Crippen molar-refractivity contribution in [3.8, 4) is 0 Å². The van der Waals surface area contributed by atoms with Gasteiger partial charge in [-0.2, -0.15) is 0 Å². The zero-order chi connectivity index (χ0) is 15.2. The lowest BCUT2D eigenvalue weighted by Gasteiger charge is -2.01. The number of hydrazone groups is 1. The smallest absolute Gasteiger partial charge is 0.174 e. The second kappa shape index (κ2) is 6.53. The van der Waals surface area contributed by atoms with Crippen LogP contribution in [0.25, 0.3) is 16.5 Å². The van der Waals surface area contributed by atoms with Crippen molar-refractivity contribution in [1.29, 1.82) is 0 Å². The van der Waals surface area contributed by atoms with Crippen molar-refractivity contribution in [2.45, 2.75) is 6.92 Å². The van der Waals surface area contributed by atoms with Crippen molar-refractivity contribution in [1.82, 2.24) is 10.7 Å². The fraction of sp³-hybridized carbons (Fsp3) is 0.0667. The minimum atomic E-state index is 0.282. The summed E-state index contributed by atoms with van der Waals surface area (Å²) >= 11 is 0. The summed E-state index contributed by atoms with van der Waals surface area (Å²) in [5.74, 6) is 6.05. The lowest BCUT2D eigenvalue weighted by Crippen LogP contribution is -2.22. The van der Waals surface area contributed by atoms with E-state index in [1.165, 1.54) is 0 Å². The number of benzene rings is 1. The number of rotatable bonds is 5. The van der Waals surface area contributed by atoms with E-state index in [4.69, 9.17) is 16.1 Å². The number of nitrogens with zero attached hydrogens (tertiary/aromatic N) is 2. The monoisotopic (exact) mass is 283 g/mol. The van der Waals surface area contributed by atoms with Crippen LogP contribution in [-0.2, 0) is 0 Å². The first-order valence-electron chi connectivity index (χ1n) is 6.35. The van der Waals surface area contributed by atoms with Gasteiger partial charge in [-0.25, -0.2) is 11.4 Å². The molecule has 5 N–H and O–H groups in total. The predicted molar refractivity (Wildman–Crippen MR) is 85.0 cm³/mol. The molecule has 0 aliphatic carbocycles. The van der Waals surface area contributed by atoms with Crippen LogP contribution in [0, 0.1) is 0 Å². The Morgan fingerprint density at radius 3 is 2.95 bits per heavy atom. The highest BCUT2D eigenvalue weighted by atomic mass is 16.5. The van der Waals surface area contributed by atoms with E-state index < -0.39 is 0 Å². The molecule has 0 radical (unpaired) electrons. The topological polar surface area (TPSA) is 102 Å². The standard InChI is InChI=1S/C15H17N5O/c1-3-5-6-10(4-2)14-12-9-11(15(16)18-20-17)7-8-13(12)19-21-14/h3-9,20H,2,17H2,1H3,(H2,16,18)/b5-3-,10-6+. The van der Waals surface area contributed by atoms with Crippen LogP contribution >= 0.6 is 0 Å². The van der Waals surface area contributed by atoms with Crippen LogP contribution in [0.1, 0.15) is 18.2 Å². The molecule has 0 aliphatic rings. The minimum absolute atomic E-state index is 0.282. The molecule has 0 spiro atoms. The van der Waals surface area contributed by atoms with Gasteiger partial charge in [-0.1, -0.05) is 36.0 Å². The molecule has 2 aromatic rings. The fourth-order valence-electron chi connectivity index (χ4n) is 1.88. The van der Waals surface area contributed by atoms with Crippen molar-refractivity contribution in [2.24, 2.45) is 16.7 Å². The fourth-order valence-corrected chi connectivity index (χ4v) is 1.88. The molecule has 6 heteroatoms. The average molecular weight is 283 g/mol. The molecule has 21 heavy (non-hydrogen) atoms. The van der Waals surface area contributed by atoms with Gasteiger partial charge in [-0.05, 0) is 25.1 Å². The highest BCUT2D eigenvalue weighted by molar-refractivity contribution is 6.02. The molecule has 108 valence electrons. The number of hydrazine groups is 1. The molecule has 0 amide bonds. The van der Waals surface area contributed by atoms with E-state index in [1.54, 1.807) is 12.1 Å². The maximum absolute atomic E-state index is 5.81. The van der Waals surface area contributed by atoms with Crippen LogP contribution in [0.15, 0.2) is 58.7 Å². The second-order valence-corrected chi connectivity index (χ2v) is 4.22. The SMILES string of the molecule is C=C/C(=C\C=C/C)c1onc2ccc(/C(N)=N/NN)cc12. The van der Waals surface area contributed by atoms with Gasteiger partial charge in [0.25, 0.3) is 0 Å². The van der Waals surface area contributed by atoms with Gasteiger partial charge in [-0.15, -0.1) is 5.10 Å². The minimum Gasteiger partial charge on any atom is -0.382 e. The lowest BCUT2D eigenvalue weighted by molar-refractivity contribution is 0.419. The molecule has 0 bridgehead atoms. The summed E-state index contributed by atoms with van der Waals surface area (Å²) in [6, 6.07) is 5.46. The van der Waals surface area contributed by atoms with Crippen LogP contribution in [0.4, 0.5) is 0 Å². The summed E-state index contributed by atoms with van der Waals surface area (Å²) in [4.78, 5) is 0. The van der Waals surface area contributed by atoms with Crippen molar-refractivity contribution in [3.63, 3.8) is 0 Å². The van der Waals surface area contributed by atoms with Crippen LogP contribution in [-0.4, -0.2) is 11.0 Å². The molecule has 0 saturated heterocycles. The summed E-state index contributed by atoms with van der Waals surface area (Å²) in [5, 5.41) is 8.62. The van der Waals surface area contributed by atoms with Gasteiger partial charge in [0, 0.05) is 11.1 Å². The summed E-state index contributed by atoms with van der Waals surface area (Å²) in [6.45, 7) is 5.73. The van der Waals surface area contributed by atoms with Gasteiger partial charge in [0.05, 0.1) is 5.39 Å². The molecule has 0 unspecified atom stereocenters. The maximum Gasteiger partial charge on any atom is 0.174 e. The van der Waals surface area contributed by atoms with Gasteiger partial charge in [-0.3, -0.25) is 0 Å². The molecular formula is C15H17N5O. The Morgan fingerprint density at radius 2 is 2.29 bits per heavy atom. The van der Waals surface area contributed by atoms with E-state index in [2.05, 4.69) is 22.4 Å². The van der Waals surface area contributed by atoms with Crippen LogP contribution in [0.2, 0.25) is 0 Å². The van der Waals surface area contributed by atoms with Crippen LogP contribution < -0.4 is 17.1 Å². The van der Waals surface area contributed by atoms with Crippen molar-refractivity contribution in [3.05, 3.63) is 60.4 Å². The number of amidine groups is 1. The van der Waals surface area contributed by atoms with Gasteiger partial charge >= 0.3 is 0 Å². The molecule has 1 aromatic carbocycles. The number of allylic oxidation sites excluding steroid dienone is 5. The summed E-state index contributed by atoms with van der Waals surface area (Å²) in [5.41, 5.74) is 10.3. The molecule has 0 fully saturated rings. The Balaban J connectivity index is 2.58. The third-order valence-corrected chi connectivity index (χ3v) is 2.91. The highest BCUT2D eigenvalue weighted by Crippen LogP contribution is 2.26. The predicted octanol–water partition coefficient (Wildman–Crippen LogP) is 2.06. The van der Waals surface area contributed by atoms with Crippen molar-refractivity contribution >= 4 is 22.3 Å². The number of hydrogen-bond acceptors (Lipinski definition) is 5. The normalized spacial score (nSPS) is 13.0. The van der Waals surface area contributed by atoms with Crippen LogP contribution in [0.3, 0.4) is 0 Å². The number of nitrogens with one attached hydrogen (secondary N) is 1. The zero-order valence-corrected chi connectivity index (χ0v) is 11.7. The van der Waals surface area contributed by atoms with Gasteiger partial charge in [0.15, 0.2) is 11.6 Å². The molecular weight excluding hydrogens is 266 g/mol. The number of fused-ring (bicyclic) bond motifs is 1. The number of aromatic nitrogens is 1. The first-order chi connectivity index (χ1) is 10.2. The van der Waals surface area contributed by atoms with E-state index in [9.17, 15) is 0 Å². The molecule has 0 atom stereocenters. The zero-order valence-electron chi connectivity index (χ0n) is 11.7. The highest BCUT2D eigenvalue weighted by Gasteiger charge is 2.12. The Labute approximate surface area is 122 Å². The first kappa shape index (κ1) is 14.5. The van der Waals surface area contributed by atoms with Crippen molar-refractivity contribution < 1.29 is 4.52 Å². The second-order valence-electron chi connectivity index (χ2n) is 4.22. The molecule has 1 heterocycles. The quantitative estimate of drug-likeness (QED) is 0.256. The summed E-state index contributed by atoms with van der Waals surface area (Å²) in [7, 11) is 0. The van der Waals surface area contributed by atoms with E-state index in [0.29, 0.717) is 5.76 Å². The molecule has 1 aromatic heterocycles. The third-order valence-electron chi connectivity index (χ3n) is 2.91. The largest absolute Gasteiger partial charge is 0.382 e. The first-order valence-corrected chi connectivity index (χ1v) is 6.35. The average Bonchev–Trinajstić information content (AvgIpc) is 2.91. The van der Waals surface area contributed by atoms with Crippen molar-refractivity contribution in [2.75, 3.05) is 0 Å². The Bertz CT molecular complexity index is 740. The third kappa shape index (κ3) is 3.01. The summed E-state index contributed by atoms with van der Waals surface area (Å²) < 4.78 is 5.42. The molecule has 6 nitrogen and oxygen atoms in total. The van der Waals surface area contributed by atoms with Gasteiger partial charge in [0.1, 0.15) is 5.52 Å². The number of nitrogens with two attached hydrogens (primary N) is 2. The Kier molecular flexibility index (Phi) is 4.53. The van der Waals surface area contributed by atoms with Gasteiger partial charge < -0.3 is 10.3 Å². The van der Waals surface area contributed by atoms with E-state index >= 15 is 0 Å². The number of hydrogen-bond donors (Lipinski definition) is 3. The van der Waals surface area contributed by atoms with Gasteiger partial charge in [0.2, 0.25) is 0 Å². The Morgan fingerprint density at radius 1 is 1.48 bits per heavy atom. The van der Waals surface area contributed by atoms with E-state index in [0.717, 1.165) is 22.0 Å². The Hall–Kier alpha value is -2.86. The summed E-state index contributed by atoms with van der Waals surface area (Å²) in [6.07, 6.45) is 7.44. The lowest BCUT2D eigenvalue weighted by atomic mass is 10.1. The van der Waals surface area contributed by atoms with E-state index in [1.807, 2.05) is 37.3 Å².